The molecule has 1 aliphatic heterocycles. The van der Waals surface area contributed by atoms with Gasteiger partial charge in [0.2, 0.25) is 0 Å². The first-order valence-corrected chi connectivity index (χ1v) is 11.6. The van der Waals surface area contributed by atoms with Gasteiger partial charge in [0.05, 0.1) is 37.7 Å². The zero-order valence-electron chi connectivity index (χ0n) is 19.0. The normalized spacial score (nSPS) is 14.3. The third kappa shape index (κ3) is 5.00. The van der Waals surface area contributed by atoms with Crippen molar-refractivity contribution in [3.63, 3.8) is 0 Å². The predicted molar refractivity (Wildman–Crippen MR) is 128 cm³/mol. The van der Waals surface area contributed by atoms with E-state index in [1.165, 1.54) is 18.4 Å². The maximum Gasteiger partial charge on any atom is 0.337 e. The molecule has 1 aliphatic rings. The SMILES string of the molecule is COC(=O)c1ccc(C(=O)N(CCN2CCOCC2)c2nc3c(OC)ccc(C)c3s2)cc1. The molecule has 0 N–H and O–H groups in total. The molecule has 1 aromatic heterocycles. The Morgan fingerprint density at radius 3 is 2.45 bits per heavy atom. The largest absolute Gasteiger partial charge is 0.494 e. The van der Waals surface area contributed by atoms with Crippen molar-refractivity contribution in [2.45, 2.75) is 6.92 Å². The summed E-state index contributed by atoms with van der Waals surface area (Å²) < 4.78 is 16.7. The fourth-order valence-corrected chi connectivity index (χ4v) is 4.83. The number of amides is 1. The number of carbonyl (C=O) groups is 2. The molecular formula is C24H27N3O5S. The molecule has 4 rings (SSSR count). The molecule has 8 nitrogen and oxygen atoms in total. The summed E-state index contributed by atoms with van der Waals surface area (Å²) in [5.41, 5.74) is 2.71. The van der Waals surface area contributed by atoms with Gasteiger partial charge in [0.15, 0.2) is 5.13 Å². The van der Waals surface area contributed by atoms with Gasteiger partial charge in [-0.25, -0.2) is 9.78 Å². The Morgan fingerprint density at radius 2 is 1.79 bits per heavy atom. The third-order valence-electron chi connectivity index (χ3n) is 5.68. The first kappa shape index (κ1) is 23.2. The van der Waals surface area contributed by atoms with E-state index in [0.29, 0.717) is 48.3 Å². The number of methoxy groups -OCH3 is 2. The summed E-state index contributed by atoms with van der Waals surface area (Å²) in [5, 5.41) is 0.618. The summed E-state index contributed by atoms with van der Waals surface area (Å²) in [7, 11) is 2.95. The van der Waals surface area contributed by atoms with Crippen LogP contribution in [0.2, 0.25) is 0 Å². The van der Waals surface area contributed by atoms with Crippen LogP contribution in [0.15, 0.2) is 36.4 Å². The van der Waals surface area contributed by atoms with Crippen molar-refractivity contribution in [1.29, 1.82) is 0 Å². The van der Waals surface area contributed by atoms with Crippen LogP contribution in [0.4, 0.5) is 5.13 Å². The number of hydrogen-bond acceptors (Lipinski definition) is 8. The molecular weight excluding hydrogens is 442 g/mol. The van der Waals surface area contributed by atoms with Gasteiger partial charge in [0.25, 0.3) is 5.91 Å². The fourth-order valence-electron chi connectivity index (χ4n) is 3.75. The number of anilines is 1. The number of esters is 1. The van der Waals surface area contributed by atoms with Crippen LogP contribution in [0.25, 0.3) is 10.2 Å². The van der Waals surface area contributed by atoms with E-state index in [1.54, 1.807) is 36.3 Å². The lowest BCUT2D eigenvalue weighted by atomic mass is 10.1. The number of fused-ring (bicyclic) bond motifs is 1. The molecule has 0 saturated carbocycles. The Hall–Kier alpha value is -3.01. The van der Waals surface area contributed by atoms with Crippen molar-refractivity contribution in [3.05, 3.63) is 53.1 Å². The number of morpholine rings is 1. The molecule has 0 radical (unpaired) electrons. The Balaban J connectivity index is 1.67. The third-order valence-corrected chi connectivity index (χ3v) is 6.90. The van der Waals surface area contributed by atoms with E-state index in [9.17, 15) is 9.59 Å². The van der Waals surface area contributed by atoms with Crippen LogP contribution in [0.1, 0.15) is 26.3 Å². The molecule has 0 bridgehead atoms. The van der Waals surface area contributed by atoms with Gasteiger partial charge >= 0.3 is 5.97 Å². The summed E-state index contributed by atoms with van der Waals surface area (Å²) in [6, 6.07) is 10.4. The van der Waals surface area contributed by atoms with Crippen LogP contribution >= 0.6 is 11.3 Å². The average Bonchev–Trinajstić information content (AvgIpc) is 3.30. The minimum atomic E-state index is -0.438. The number of carbonyl (C=O) groups excluding carboxylic acids is 2. The monoisotopic (exact) mass is 469 g/mol. The number of aryl methyl sites for hydroxylation is 1. The molecule has 3 aromatic rings. The van der Waals surface area contributed by atoms with Gasteiger partial charge < -0.3 is 14.2 Å². The Kier molecular flexibility index (Phi) is 7.22. The summed E-state index contributed by atoms with van der Waals surface area (Å²) in [6.07, 6.45) is 0. The molecule has 0 spiro atoms. The predicted octanol–water partition coefficient (Wildman–Crippen LogP) is 3.38. The van der Waals surface area contributed by atoms with Crippen molar-refractivity contribution in [2.24, 2.45) is 0 Å². The van der Waals surface area contributed by atoms with E-state index < -0.39 is 5.97 Å². The second-order valence-electron chi connectivity index (χ2n) is 7.74. The van der Waals surface area contributed by atoms with Crippen molar-refractivity contribution in [2.75, 3.05) is 58.5 Å². The summed E-state index contributed by atoms with van der Waals surface area (Å²) >= 11 is 1.48. The highest BCUT2D eigenvalue weighted by Crippen LogP contribution is 2.36. The number of nitrogens with zero attached hydrogens (tertiary/aromatic N) is 3. The molecule has 0 atom stereocenters. The van der Waals surface area contributed by atoms with Crippen LogP contribution < -0.4 is 9.64 Å². The van der Waals surface area contributed by atoms with Gasteiger partial charge in [0, 0.05) is 31.7 Å². The highest BCUT2D eigenvalue weighted by atomic mass is 32.1. The lowest BCUT2D eigenvalue weighted by molar-refractivity contribution is 0.0391. The van der Waals surface area contributed by atoms with Crippen LogP contribution in [0.5, 0.6) is 5.75 Å². The topological polar surface area (TPSA) is 81.2 Å². The van der Waals surface area contributed by atoms with E-state index in [4.69, 9.17) is 19.2 Å². The van der Waals surface area contributed by atoms with Gasteiger partial charge in [0.1, 0.15) is 11.3 Å². The van der Waals surface area contributed by atoms with E-state index in [-0.39, 0.29) is 5.91 Å². The lowest BCUT2D eigenvalue weighted by Gasteiger charge is -2.29. The Bertz CT molecular complexity index is 1140. The van der Waals surface area contributed by atoms with E-state index in [2.05, 4.69) is 4.90 Å². The molecule has 174 valence electrons. The standard InChI is InChI=1S/C24H27N3O5S/c1-16-4-9-19(30-2)20-21(16)33-24(25-20)27(11-10-26-12-14-32-15-13-26)22(28)17-5-7-18(8-6-17)23(29)31-3/h4-9H,10-15H2,1-3H3. The highest BCUT2D eigenvalue weighted by Gasteiger charge is 2.24. The first-order chi connectivity index (χ1) is 16.0. The summed E-state index contributed by atoms with van der Waals surface area (Å²) in [5.74, 6) is 0.0726. The minimum absolute atomic E-state index is 0.171. The summed E-state index contributed by atoms with van der Waals surface area (Å²) in [6.45, 7) is 6.28. The molecule has 33 heavy (non-hydrogen) atoms. The van der Waals surface area contributed by atoms with Gasteiger partial charge in [-0.1, -0.05) is 17.4 Å². The van der Waals surface area contributed by atoms with Crippen LogP contribution in [-0.4, -0.2) is 75.4 Å². The number of ether oxygens (including phenoxy) is 3. The minimum Gasteiger partial charge on any atom is -0.494 e. The van der Waals surface area contributed by atoms with Crippen molar-refractivity contribution in [3.8, 4) is 5.75 Å². The molecule has 1 saturated heterocycles. The van der Waals surface area contributed by atoms with Crippen molar-refractivity contribution < 1.29 is 23.8 Å². The van der Waals surface area contributed by atoms with Gasteiger partial charge in [-0.15, -0.1) is 0 Å². The number of hydrogen-bond donors (Lipinski definition) is 0. The van der Waals surface area contributed by atoms with Crippen LogP contribution in [0.3, 0.4) is 0 Å². The molecule has 1 amide bonds. The van der Waals surface area contributed by atoms with Gasteiger partial charge in [-0.3, -0.25) is 14.6 Å². The number of benzene rings is 2. The van der Waals surface area contributed by atoms with E-state index >= 15 is 0 Å². The zero-order chi connectivity index (χ0) is 23.4. The van der Waals surface area contributed by atoms with Crippen LogP contribution in [0, 0.1) is 6.92 Å². The summed E-state index contributed by atoms with van der Waals surface area (Å²) in [4.78, 5) is 34.1. The number of rotatable bonds is 7. The van der Waals surface area contributed by atoms with Crippen molar-refractivity contribution in [1.82, 2.24) is 9.88 Å². The highest BCUT2D eigenvalue weighted by molar-refractivity contribution is 7.22. The maximum absolute atomic E-state index is 13.6. The molecule has 9 heteroatoms. The first-order valence-electron chi connectivity index (χ1n) is 10.8. The quantitative estimate of drug-likeness (QED) is 0.491. The molecule has 2 aromatic carbocycles. The number of thiazole rings is 1. The van der Waals surface area contributed by atoms with E-state index in [0.717, 1.165) is 28.9 Å². The Morgan fingerprint density at radius 1 is 1.09 bits per heavy atom. The second kappa shape index (κ2) is 10.3. The van der Waals surface area contributed by atoms with Gasteiger partial charge in [-0.05, 0) is 42.8 Å². The zero-order valence-corrected chi connectivity index (χ0v) is 19.8. The average molecular weight is 470 g/mol. The van der Waals surface area contributed by atoms with Crippen molar-refractivity contribution >= 4 is 38.6 Å². The van der Waals surface area contributed by atoms with E-state index in [1.807, 2.05) is 19.1 Å². The second-order valence-corrected chi connectivity index (χ2v) is 8.72. The molecule has 1 fully saturated rings. The smallest absolute Gasteiger partial charge is 0.337 e. The maximum atomic E-state index is 13.6. The Labute approximate surface area is 196 Å². The van der Waals surface area contributed by atoms with Gasteiger partial charge in [-0.2, -0.15) is 0 Å². The van der Waals surface area contributed by atoms with Crippen LogP contribution in [-0.2, 0) is 9.47 Å². The molecule has 0 unspecified atom stereocenters. The lowest BCUT2D eigenvalue weighted by Crippen LogP contribution is -2.43. The molecule has 2 heterocycles. The number of aromatic nitrogens is 1. The molecule has 0 aliphatic carbocycles. The fraction of sp³-hybridized carbons (Fsp3) is 0.375.